The lowest BCUT2D eigenvalue weighted by Crippen LogP contribution is -2.51. The van der Waals surface area contributed by atoms with Gasteiger partial charge in [0.05, 0.1) is 11.9 Å². The van der Waals surface area contributed by atoms with Crippen molar-refractivity contribution in [2.45, 2.75) is 40.3 Å². The molecule has 0 unspecified atom stereocenters. The largest absolute Gasteiger partial charge is 0.354 e. The van der Waals surface area contributed by atoms with Gasteiger partial charge in [0.15, 0.2) is 0 Å². The van der Waals surface area contributed by atoms with Crippen molar-refractivity contribution >= 4 is 27.5 Å². The highest BCUT2D eigenvalue weighted by Gasteiger charge is 2.30. The number of hydrogen-bond acceptors (Lipinski definition) is 4. The molecular formula is C24H33N3O4S. The number of aryl methyl sites for hydroxylation is 1. The molecule has 2 amide bonds. The van der Waals surface area contributed by atoms with E-state index in [-0.39, 0.29) is 18.4 Å². The number of carbonyl (C=O) groups excluding carboxylic acids is 2. The molecule has 0 aliphatic rings. The Morgan fingerprint density at radius 1 is 0.969 bits per heavy atom. The van der Waals surface area contributed by atoms with E-state index in [9.17, 15) is 18.0 Å². The quantitative estimate of drug-likeness (QED) is 0.592. The van der Waals surface area contributed by atoms with Gasteiger partial charge in [0, 0.05) is 13.1 Å². The Hall–Kier alpha value is -2.87. The van der Waals surface area contributed by atoms with Crippen LogP contribution in [-0.2, 0) is 26.2 Å². The summed E-state index contributed by atoms with van der Waals surface area (Å²) < 4.78 is 26.1. The van der Waals surface area contributed by atoms with E-state index in [2.05, 4.69) is 5.32 Å². The molecule has 0 fully saturated rings. The van der Waals surface area contributed by atoms with Gasteiger partial charge in [-0.25, -0.2) is 8.42 Å². The van der Waals surface area contributed by atoms with E-state index >= 15 is 0 Å². The summed E-state index contributed by atoms with van der Waals surface area (Å²) in [5.74, 6) is -0.456. The minimum atomic E-state index is -3.71. The summed E-state index contributed by atoms with van der Waals surface area (Å²) in [5, 5.41) is 2.86. The average Bonchev–Trinajstić information content (AvgIpc) is 2.74. The van der Waals surface area contributed by atoms with Crippen LogP contribution in [0.4, 0.5) is 5.69 Å². The van der Waals surface area contributed by atoms with Crippen molar-refractivity contribution in [3.05, 3.63) is 65.7 Å². The zero-order valence-electron chi connectivity index (χ0n) is 19.4. The second-order valence-electron chi connectivity index (χ2n) is 8.43. The summed E-state index contributed by atoms with van der Waals surface area (Å²) in [6.07, 6.45) is 1.07. The molecule has 2 aromatic rings. The molecule has 1 N–H and O–H groups in total. The average molecular weight is 460 g/mol. The predicted molar refractivity (Wildman–Crippen MR) is 128 cm³/mol. The van der Waals surface area contributed by atoms with Gasteiger partial charge < -0.3 is 10.2 Å². The van der Waals surface area contributed by atoms with E-state index in [0.717, 1.165) is 21.7 Å². The number of carbonyl (C=O) groups is 2. The lowest BCUT2D eigenvalue weighted by molar-refractivity contribution is -0.139. The third-order valence-electron chi connectivity index (χ3n) is 5.05. The SMILES string of the molecule is Cc1ccc(N(CC(=O)N(Cc2ccccc2)[C@@H](C)C(=O)NCC(C)C)S(C)(=O)=O)cc1. The van der Waals surface area contributed by atoms with Crippen molar-refractivity contribution in [1.29, 1.82) is 0 Å². The Morgan fingerprint density at radius 2 is 1.56 bits per heavy atom. The Kier molecular flexibility index (Phi) is 8.83. The zero-order valence-corrected chi connectivity index (χ0v) is 20.2. The maximum atomic E-state index is 13.4. The van der Waals surface area contributed by atoms with Gasteiger partial charge in [-0.05, 0) is 37.5 Å². The molecule has 174 valence electrons. The smallest absolute Gasteiger partial charge is 0.244 e. The van der Waals surface area contributed by atoms with E-state index in [1.807, 2.05) is 51.1 Å². The molecule has 7 nitrogen and oxygen atoms in total. The fourth-order valence-corrected chi connectivity index (χ4v) is 3.99. The Balaban J connectivity index is 2.32. The van der Waals surface area contributed by atoms with Crippen LogP contribution in [0.2, 0.25) is 0 Å². The maximum absolute atomic E-state index is 13.4. The first-order chi connectivity index (χ1) is 15.0. The molecule has 0 heterocycles. The number of anilines is 1. The third kappa shape index (κ3) is 7.37. The monoisotopic (exact) mass is 459 g/mol. The summed E-state index contributed by atoms with van der Waals surface area (Å²) >= 11 is 0. The second kappa shape index (κ2) is 11.1. The lowest BCUT2D eigenvalue weighted by atomic mass is 10.1. The van der Waals surface area contributed by atoms with E-state index in [4.69, 9.17) is 0 Å². The minimum Gasteiger partial charge on any atom is -0.354 e. The second-order valence-corrected chi connectivity index (χ2v) is 10.3. The van der Waals surface area contributed by atoms with E-state index in [0.29, 0.717) is 12.2 Å². The summed E-state index contributed by atoms with van der Waals surface area (Å²) in [4.78, 5) is 27.5. The van der Waals surface area contributed by atoms with Gasteiger partial charge in [0.2, 0.25) is 21.8 Å². The van der Waals surface area contributed by atoms with Gasteiger partial charge in [-0.15, -0.1) is 0 Å². The van der Waals surface area contributed by atoms with Gasteiger partial charge >= 0.3 is 0 Å². The minimum absolute atomic E-state index is 0.196. The Morgan fingerprint density at radius 3 is 2.09 bits per heavy atom. The van der Waals surface area contributed by atoms with Crippen molar-refractivity contribution in [1.82, 2.24) is 10.2 Å². The van der Waals surface area contributed by atoms with Crippen molar-refractivity contribution < 1.29 is 18.0 Å². The van der Waals surface area contributed by atoms with Crippen LogP contribution in [0, 0.1) is 12.8 Å². The molecule has 2 rings (SSSR count). The van der Waals surface area contributed by atoms with Crippen LogP contribution in [0.15, 0.2) is 54.6 Å². The van der Waals surface area contributed by atoms with Crippen molar-refractivity contribution in [3.8, 4) is 0 Å². The maximum Gasteiger partial charge on any atom is 0.244 e. The van der Waals surface area contributed by atoms with E-state index in [1.165, 1.54) is 4.90 Å². The molecule has 0 saturated carbocycles. The molecule has 8 heteroatoms. The number of benzene rings is 2. The van der Waals surface area contributed by atoms with Crippen LogP contribution in [0.25, 0.3) is 0 Å². The molecular weight excluding hydrogens is 426 g/mol. The van der Waals surface area contributed by atoms with Gasteiger partial charge in [-0.3, -0.25) is 13.9 Å². The van der Waals surface area contributed by atoms with Crippen LogP contribution in [-0.4, -0.2) is 50.5 Å². The fourth-order valence-electron chi connectivity index (χ4n) is 3.14. The zero-order chi connectivity index (χ0) is 23.9. The number of nitrogens with zero attached hydrogens (tertiary/aromatic N) is 2. The molecule has 0 spiro atoms. The van der Waals surface area contributed by atoms with Crippen molar-refractivity contribution in [3.63, 3.8) is 0 Å². The Bertz CT molecular complexity index is 1010. The first-order valence-electron chi connectivity index (χ1n) is 10.6. The molecule has 0 bridgehead atoms. The van der Waals surface area contributed by atoms with Crippen LogP contribution < -0.4 is 9.62 Å². The molecule has 0 radical (unpaired) electrons. The number of sulfonamides is 1. The molecule has 0 saturated heterocycles. The summed E-state index contributed by atoms with van der Waals surface area (Å²) in [6, 6.07) is 15.5. The highest BCUT2D eigenvalue weighted by atomic mass is 32.2. The normalized spacial score (nSPS) is 12.3. The summed E-state index contributed by atoms with van der Waals surface area (Å²) in [5.41, 5.74) is 2.24. The predicted octanol–water partition coefficient (Wildman–Crippen LogP) is 2.95. The van der Waals surface area contributed by atoms with Crippen molar-refractivity contribution in [2.75, 3.05) is 23.7 Å². The molecule has 32 heavy (non-hydrogen) atoms. The van der Waals surface area contributed by atoms with Gasteiger partial charge in [-0.1, -0.05) is 61.9 Å². The van der Waals surface area contributed by atoms with Crippen molar-refractivity contribution in [2.24, 2.45) is 5.92 Å². The topological polar surface area (TPSA) is 86.8 Å². The van der Waals surface area contributed by atoms with E-state index in [1.54, 1.807) is 31.2 Å². The van der Waals surface area contributed by atoms with Crippen LogP contribution >= 0.6 is 0 Å². The third-order valence-corrected chi connectivity index (χ3v) is 6.19. The molecule has 0 aromatic heterocycles. The molecule has 0 aliphatic heterocycles. The van der Waals surface area contributed by atoms with Crippen LogP contribution in [0.3, 0.4) is 0 Å². The molecule has 2 aromatic carbocycles. The standard InChI is InChI=1S/C24H33N3O4S/c1-18(2)15-25-24(29)20(4)26(16-21-9-7-6-8-10-21)23(28)17-27(32(5,30)31)22-13-11-19(3)12-14-22/h6-14,18,20H,15-17H2,1-5H3,(H,25,29)/t20-/m0/s1. The summed E-state index contributed by atoms with van der Waals surface area (Å²) in [6.45, 7) is 7.84. The van der Waals surface area contributed by atoms with Crippen LogP contribution in [0.5, 0.6) is 0 Å². The fraction of sp³-hybridized carbons (Fsp3) is 0.417. The number of nitrogens with one attached hydrogen (secondary N) is 1. The van der Waals surface area contributed by atoms with Gasteiger partial charge in [0.1, 0.15) is 12.6 Å². The first kappa shape index (κ1) is 25.4. The highest BCUT2D eigenvalue weighted by Crippen LogP contribution is 2.19. The van der Waals surface area contributed by atoms with E-state index < -0.39 is 28.5 Å². The highest BCUT2D eigenvalue weighted by molar-refractivity contribution is 7.92. The first-order valence-corrected chi connectivity index (χ1v) is 12.5. The van der Waals surface area contributed by atoms with Gasteiger partial charge in [0.25, 0.3) is 0 Å². The number of rotatable bonds is 10. The van der Waals surface area contributed by atoms with Gasteiger partial charge in [-0.2, -0.15) is 0 Å². The molecule has 1 atom stereocenters. The number of amides is 2. The lowest BCUT2D eigenvalue weighted by Gasteiger charge is -2.31. The Labute approximate surface area is 191 Å². The molecule has 0 aliphatic carbocycles. The van der Waals surface area contributed by atoms with Crippen LogP contribution in [0.1, 0.15) is 31.9 Å². The number of hydrogen-bond donors (Lipinski definition) is 1. The summed E-state index contributed by atoms with van der Waals surface area (Å²) in [7, 11) is -3.71.